The molecule has 11 heteroatoms. The summed E-state index contributed by atoms with van der Waals surface area (Å²) in [6, 6.07) is 4.73. The van der Waals surface area contributed by atoms with E-state index in [1.54, 1.807) is 0 Å². The van der Waals surface area contributed by atoms with Crippen LogP contribution < -0.4 is 5.32 Å². The number of fused-ring (bicyclic) bond motifs is 3. The number of halogens is 7. The molecule has 5 rings (SSSR count). The molecule has 0 aliphatic carbocycles. The van der Waals surface area contributed by atoms with Crippen molar-refractivity contribution in [2.24, 2.45) is 0 Å². The molecule has 2 aliphatic heterocycles. The molecule has 1 atom stereocenters. The Hall–Kier alpha value is -2.79. The Labute approximate surface area is 203 Å². The molecule has 194 valence electrons. The summed E-state index contributed by atoms with van der Waals surface area (Å²) in [5.41, 5.74) is 0.904. The van der Waals surface area contributed by atoms with Crippen LogP contribution in [0.4, 0.5) is 36.4 Å². The predicted octanol–water partition coefficient (Wildman–Crippen LogP) is 5.55. The molecule has 3 aromatic rings. The number of nitrogens with one attached hydrogen (secondary N) is 2. The third kappa shape index (κ3) is 4.90. The Balaban J connectivity index is 1.48. The van der Waals surface area contributed by atoms with Gasteiger partial charge in [0.1, 0.15) is 17.5 Å². The number of alkyl halides is 4. The van der Waals surface area contributed by atoms with Crippen molar-refractivity contribution < 1.29 is 30.7 Å². The summed E-state index contributed by atoms with van der Waals surface area (Å²) < 4.78 is 97.1. The summed E-state index contributed by atoms with van der Waals surface area (Å²) >= 11 is 0. The first kappa shape index (κ1) is 24.9. The Morgan fingerprint density at radius 2 is 1.75 bits per heavy atom. The molecule has 0 spiro atoms. The highest BCUT2D eigenvalue weighted by molar-refractivity contribution is 5.85. The van der Waals surface area contributed by atoms with Gasteiger partial charge in [-0.15, -0.1) is 0 Å². The summed E-state index contributed by atoms with van der Waals surface area (Å²) in [6.07, 6.45) is -3.94. The molecule has 1 saturated heterocycles. The number of nitrogens with zero attached hydrogens (tertiary/aromatic N) is 2. The number of benzene rings is 2. The molecule has 1 fully saturated rings. The van der Waals surface area contributed by atoms with Crippen molar-refractivity contribution in [1.82, 2.24) is 14.8 Å². The van der Waals surface area contributed by atoms with Gasteiger partial charge in [-0.2, -0.15) is 13.2 Å². The van der Waals surface area contributed by atoms with Crippen molar-refractivity contribution in [1.29, 1.82) is 0 Å². The van der Waals surface area contributed by atoms with E-state index in [2.05, 4.69) is 10.3 Å². The van der Waals surface area contributed by atoms with Crippen molar-refractivity contribution >= 4 is 16.6 Å². The molecule has 0 saturated carbocycles. The van der Waals surface area contributed by atoms with Gasteiger partial charge in [-0.25, -0.2) is 13.2 Å². The quantitative estimate of drug-likeness (QED) is 0.406. The second-order valence-corrected chi connectivity index (χ2v) is 9.44. The zero-order valence-corrected chi connectivity index (χ0v) is 19.2. The summed E-state index contributed by atoms with van der Waals surface area (Å²) in [5, 5.41) is 3.65. The van der Waals surface area contributed by atoms with Gasteiger partial charge in [0.15, 0.2) is 0 Å². The number of hydrogen-bond donors (Lipinski definition) is 2. The van der Waals surface area contributed by atoms with Gasteiger partial charge in [0, 0.05) is 54.0 Å². The van der Waals surface area contributed by atoms with Gasteiger partial charge in [0.2, 0.25) is 0 Å². The first-order valence-electron chi connectivity index (χ1n) is 11.8. The Kier molecular flexibility index (Phi) is 6.63. The molecular formula is C25H25F7N4. The molecule has 3 heterocycles. The van der Waals surface area contributed by atoms with E-state index in [1.165, 1.54) is 18.2 Å². The average molecular weight is 514 g/mol. The molecule has 2 aliphatic rings. The smallest absolute Gasteiger partial charge is 0.380 e. The SMILES string of the molecule is FCCCN1CC(Nc2cc(F)c([C@H]3c4[nH]c5cc(F)ccc5c4CCN3CC(F)(F)F)c(F)c2)C1. The first-order chi connectivity index (χ1) is 17.1. The average Bonchev–Trinajstić information content (AvgIpc) is 3.12. The predicted molar refractivity (Wildman–Crippen MR) is 122 cm³/mol. The highest BCUT2D eigenvalue weighted by atomic mass is 19.4. The van der Waals surface area contributed by atoms with E-state index in [1.807, 2.05) is 4.90 Å². The second-order valence-electron chi connectivity index (χ2n) is 9.44. The van der Waals surface area contributed by atoms with Crippen LogP contribution in [0.25, 0.3) is 10.9 Å². The maximum absolute atomic E-state index is 15.4. The molecule has 2 N–H and O–H groups in total. The zero-order chi connectivity index (χ0) is 25.6. The van der Waals surface area contributed by atoms with Crippen molar-refractivity contribution in [3.8, 4) is 0 Å². The van der Waals surface area contributed by atoms with Crippen LogP contribution in [0.5, 0.6) is 0 Å². The lowest BCUT2D eigenvalue weighted by molar-refractivity contribution is -0.150. The van der Waals surface area contributed by atoms with Gasteiger partial charge < -0.3 is 10.3 Å². The Bertz CT molecular complexity index is 1230. The van der Waals surface area contributed by atoms with E-state index >= 15 is 8.78 Å². The van der Waals surface area contributed by atoms with Crippen LogP contribution in [0.3, 0.4) is 0 Å². The molecule has 4 nitrogen and oxygen atoms in total. The van der Waals surface area contributed by atoms with Crippen molar-refractivity contribution in [2.45, 2.75) is 31.1 Å². The Morgan fingerprint density at radius 1 is 1.03 bits per heavy atom. The normalized spacial score (nSPS) is 19.5. The molecular weight excluding hydrogens is 489 g/mol. The lowest BCUT2D eigenvalue weighted by Crippen LogP contribution is -2.54. The fraction of sp³-hybridized carbons (Fsp3) is 0.440. The number of rotatable bonds is 7. The van der Waals surface area contributed by atoms with E-state index in [9.17, 15) is 22.0 Å². The number of likely N-dealkylation sites (tertiary alicyclic amines) is 1. The molecule has 2 aromatic carbocycles. The summed E-state index contributed by atoms with van der Waals surface area (Å²) in [5.74, 6) is -2.47. The number of anilines is 1. The van der Waals surface area contributed by atoms with Gasteiger partial charge in [-0.1, -0.05) is 0 Å². The number of H-pyrrole nitrogens is 1. The monoisotopic (exact) mass is 514 g/mol. The van der Waals surface area contributed by atoms with Gasteiger partial charge in [0.25, 0.3) is 0 Å². The highest BCUT2D eigenvalue weighted by Crippen LogP contribution is 2.42. The molecule has 0 unspecified atom stereocenters. The van der Waals surface area contributed by atoms with E-state index < -0.39 is 48.5 Å². The summed E-state index contributed by atoms with van der Waals surface area (Å²) in [7, 11) is 0. The fourth-order valence-corrected chi connectivity index (χ4v) is 5.34. The molecule has 1 aromatic heterocycles. The lowest BCUT2D eigenvalue weighted by atomic mass is 9.91. The van der Waals surface area contributed by atoms with Crippen molar-refractivity contribution in [2.75, 3.05) is 44.7 Å². The fourth-order valence-electron chi connectivity index (χ4n) is 5.34. The molecule has 0 radical (unpaired) electrons. The first-order valence-corrected chi connectivity index (χ1v) is 11.8. The van der Waals surface area contributed by atoms with Crippen LogP contribution in [-0.2, 0) is 6.42 Å². The standard InChI is InChI=1S/C25H25F7N4/c26-5-1-6-35-11-16(12-35)33-15-9-19(28)22(20(29)10-15)24-23-18(4-7-36(24)13-25(30,31)32)17-3-2-14(27)8-21(17)34-23/h2-3,8-10,16,24,33-34H,1,4-7,11-13H2/t24-/m0/s1. The van der Waals surface area contributed by atoms with Crippen LogP contribution in [0.2, 0.25) is 0 Å². The zero-order valence-electron chi connectivity index (χ0n) is 19.2. The number of hydrogen-bond acceptors (Lipinski definition) is 3. The van der Waals surface area contributed by atoms with E-state index in [0.29, 0.717) is 42.5 Å². The van der Waals surface area contributed by atoms with Crippen LogP contribution in [-0.4, -0.2) is 66.4 Å². The van der Waals surface area contributed by atoms with Gasteiger partial charge in [-0.3, -0.25) is 14.2 Å². The van der Waals surface area contributed by atoms with Gasteiger partial charge in [-0.05, 0) is 48.7 Å². The van der Waals surface area contributed by atoms with Crippen LogP contribution in [0, 0.1) is 17.5 Å². The largest absolute Gasteiger partial charge is 0.401 e. The van der Waals surface area contributed by atoms with Crippen molar-refractivity contribution in [3.63, 3.8) is 0 Å². The molecule has 0 amide bonds. The topological polar surface area (TPSA) is 34.3 Å². The summed E-state index contributed by atoms with van der Waals surface area (Å²) in [6.45, 7) is -0.0343. The summed E-state index contributed by atoms with van der Waals surface area (Å²) in [4.78, 5) is 5.94. The number of aromatic nitrogens is 1. The van der Waals surface area contributed by atoms with E-state index in [0.717, 1.165) is 17.0 Å². The van der Waals surface area contributed by atoms with Gasteiger partial charge >= 0.3 is 6.18 Å². The third-order valence-corrected chi connectivity index (χ3v) is 6.86. The molecule has 0 bridgehead atoms. The number of aromatic amines is 1. The molecule has 36 heavy (non-hydrogen) atoms. The van der Waals surface area contributed by atoms with Crippen molar-refractivity contribution in [3.05, 3.63) is 64.6 Å². The maximum atomic E-state index is 15.4. The second kappa shape index (κ2) is 9.59. The minimum atomic E-state index is -4.58. The van der Waals surface area contributed by atoms with Crippen LogP contribution in [0.15, 0.2) is 30.3 Å². The minimum Gasteiger partial charge on any atom is -0.380 e. The Morgan fingerprint density at radius 3 is 2.42 bits per heavy atom. The third-order valence-electron chi connectivity index (χ3n) is 6.86. The maximum Gasteiger partial charge on any atom is 0.401 e. The van der Waals surface area contributed by atoms with Gasteiger partial charge in [0.05, 0.1) is 25.3 Å². The van der Waals surface area contributed by atoms with E-state index in [4.69, 9.17) is 0 Å². The lowest BCUT2D eigenvalue weighted by Gasteiger charge is -2.40. The minimum absolute atomic E-state index is 0.0686. The van der Waals surface area contributed by atoms with Crippen LogP contribution in [0.1, 0.15) is 29.3 Å². The van der Waals surface area contributed by atoms with Crippen LogP contribution >= 0.6 is 0 Å². The van der Waals surface area contributed by atoms with E-state index in [-0.39, 0.29) is 30.4 Å². The highest BCUT2D eigenvalue weighted by Gasteiger charge is 2.41.